The molecule has 7 heteroatoms. The number of amides is 1. The van der Waals surface area contributed by atoms with Gasteiger partial charge in [-0.05, 0) is 72.5 Å². The summed E-state index contributed by atoms with van der Waals surface area (Å²) < 4.78 is 17.0. The van der Waals surface area contributed by atoms with Gasteiger partial charge in [0.2, 0.25) is 0 Å². The van der Waals surface area contributed by atoms with E-state index in [-0.39, 0.29) is 12.5 Å². The van der Waals surface area contributed by atoms with E-state index in [9.17, 15) is 14.7 Å². The highest BCUT2D eigenvalue weighted by Crippen LogP contribution is 2.27. The van der Waals surface area contributed by atoms with Crippen molar-refractivity contribution in [1.82, 2.24) is 5.32 Å². The summed E-state index contributed by atoms with van der Waals surface area (Å²) in [6.07, 6.45) is 0.373. The number of carboxylic acids is 1. The fraction of sp³-hybridized carbons (Fsp3) is 0.290. The molecular formula is C31H33NO6. The number of fused-ring (bicyclic) bond motifs is 1. The van der Waals surface area contributed by atoms with Crippen LogP contribution in [0.5, 0.6) is 5.75 Å². The molecule has 0 aliphatic rings. The van der Waals surface area contributed by atoms with Gasteiger partial charge < -0.3 is 24.3 Å². The minimum Gasteiger partial charge on any atom is -0.494 e. The van der Waals surface area contributed by atoms with Crippen LogP contribution in [0.4, 0.5) is 0 Å². The third-order valence-electron chi connectivity index (χ3n) is 6.37. The Bertz CT molecular complexity index is 1410. The first-order valence-electron chi connectivity index (χ1n) is 12.9. The second-order valence-electron chi connectivity index (χ2n) is 9.10. The molecular weight excluding hydrogens is 482 g/mol. The summed E-state index contributed by atoms with van der Waals surface area (Å²) in [5.74, 6) is 0.993. The number of benzene rings is 3. The van der Waals surface area contributed by atoms with Crippen molar-refractivity contribution in [2.45, 2.75) is 46.3 Å². The molecule has 0 fully saturated rings. The van der Waals surface area contributed by atoms with Gasteiger partial charge in [-0.15, -0.1) is 0 Å². The molecule has 198 valence electrons. The summed E-state index contributed by atoms with van der Waals surface area (Å²) in [6.45, 7) is 7.07. The van der Waals surface area contributed by atoms with E-state index in [1.165, 1.54) is 0 Å². The van der Waals surface area contributed by atoms with E-state index in [2.05, 4.69) is 12.2 Å². The van der Waals surface area contributed by atoms with E-state index < -0.39 is 12.1 Å². The molecule has 38 heavy (non-hydrogen) atoms. The highest BCUT2D eigenvalue weighted by atomic mass is 16.5. The van der Waals surface area contributed by atoms with E-state index in [1.807, 2.05) is 73.7 Å². The minimum absolute atomic E-state index is 0.166. The topological polar surface area (TPSA) is 98.0 Å². The van der Waals surface area contributed by atoms with Gasteiger partial charge in [-0.1, -0.05) is 43.3 Å². The molecule has 0 aliphatic heterocycles. The van der Waals surface area contributed by atoms with Crippen LogP contribution in [0.25, 0.3) is 22.1 Å². The number of carbonyl (C=O) groups is 2. The van der Waals surface area contributed by atoms with E-state index in [0.29, 0.717) is 36.7 Å². The SMILES string of the molecule is CCCOc1ccc2c(C)c(C(=O)NCc3ccc(-c4ccc(C[C@H](OCC)C(=O)O)cc4)o3)ccc2c1. The Morgan fingerprint density at radius 3 is 2.50 bits per heavy atom. The summed E-state index contributed by atoms with van der Waals surface area (Å²) in [4.78, 5) is 24.3. The molecule has 0 saturated carbocycles. The lowest BCUT2D eigenvalue weighted by atomic mass is 9.99. The summed E-state index contributed by atoms with van der Waals surface area (Å²) >= 11 is 0. The molecule has 0 unspecified atom stereocenters. The van der Waals surface area contributed by atoms with Crippen LogP contribution in [0.1, 0.15) is 47.5 Å². The first kappa shape index (κ1) is 26.9. The van der Waals surface area contributed by atoms with Gasteiger partial charge in [-0.25, -0.2) is 4.79 Å². The first-order chi connectivity index (χ1) is 18.4. The monoisotopic (exact) mass is 515 g/mol. The number of ether oxygens (including phenoxy) is 2. The molecule has 0 bridgehead atoms. The predicted molar refractivity (Wildman–Crippen MR) is 147 cm³/mol. The molecule has 1 aromatic heterocycles. The summed E-state index contributed by atoms with van der Waals surface area (Å²) in [7, 11) is 0. The number of rotatable bonds is 12. The Morgan fingerprint density at radius 2 is 1.79 bits per heavy atom. The van der Waals surface area contributed by atoms with Crippen molar-refractivity contribution in [1.29, 1.82) is 0 Å². The van der Waals surface area contributed by atoms with Crippen LogP contribution in [0, 0.1) is 6.92 Å². The van der Waals surface area contributed by atoms with Crippen molar-refractivity contribution in [2.24, 2.45) is 0 Å². The number of aliphatic carboxylic acids is 1. The second-order valence-corrected chi connectivity index (χ2v) is 9.10. The number of nitrogens with one attached hydrogen (secondary N) is 1. The second kappa shape index (κ2) is 12.4. The van der Waals surface area contributed by atoms with Gasteiger partial charge in [0.25, 0.3) is 5.91 Å². The molecule has 1 heterocycles. The normalized spacial score (nSPS) is 11.9. The number of hydrogen-bond donors (Lipinski definition) is 2. The predicted octanol–water partition coefficient (Wildman–Crippen LogP) is 6.16. The highest BCUT2D eigenvalue weighted by molar-refractivity contribution is 6.01. The summed E-state index contributed by atoms with van der Waals surface area (Å²) in [5.41, 5.74) is 3.26. The molecule has 4 aromatic rings. The average molecular weight is 516 g/mol. The van der Waals surface area contributed by atoms with Crippen molar-refractivity contribution in [2.75, 3.05) is 13.2 Å². The van der Waals surface area contributed by atoms with Crippen LogP contribution in [0.2, 0.25) is 0 Å². The summed E-state index contributed by atoms with van der Waals surface area (Å²) in [5, 5.41) is 14.3. The zero-order valence-corrected chi connectivity index (χ0v) is 22.0. The third-order valence-corrected chi connectivity index (χ3v) is 6.37. The van der Waals surface area contributed by atoms with Crippen LogP contribution >= 0.6 is 0 Å². The van der Waals surface area contributed by atoms with Crippen LogP contribution in [-0.4, -0.2) is 36.3 Å². The smallest absolute Gasteiger partial charge is 0.333 e. The Morgan fingerprint density at radius 1 is 1.00 bits per heavy atom. The molecule has 3 aromatic carbocycles. The van der Waals surface area contributed by atoms with Gasteiger partial charge in [0, 0.05) is 24.2 Å². The highest BCUT2D eigenvalue weighted by Gasteiger charge is 2.18. The maximum atomic E-state index is 13.0. The Kier molecular flexibility index (Phi) is 8.81. The number of aryl methyl sites for hydroxylation is 1. The number of furan rings is 1. The van der Waals surface area contributed by atoms with Crippen molar-refractivity contribution in [3.63, 3.8) is 0 Å². The lowest BCUT2D eigenvalue weighted by molar-refractivity contribution is -0.149. The zero-order chi connectivity index (χ0) is 27.1. The van der Waals surface area contributed by atoms with E-state index >= 15 is 0 Å². The van der Waals surface area contributed by atoms with Gasteiger partial charge >= 0.3 is 5.97 Å². The fourth-order valence-electron chi connectivity index (χ4n) is 4.35. The Balaban J connectivity index is 1.38. The van der Waals surface area contributed by atoms with Crippen LogP contribution in [-0.2, 0) is 22.5 Å². The molecule has 7 nitrogen and oxygen atoms in total. The van der Waals surface area contributed by atoms with Gasteiger partial charge in [0.05, 0.1) is 13.2 Å². The molecule has 0 spiro atoms. The van der Waals surface area contributed by atoms with Crippen molar-refractivity contribution < 1.29 is 28.6 Å². The van der Waals surface area contributed by atoms with Crippen molar-refractivity contribution in [3.05, 3.63) is 89.2 Å². The third kappa shape index (κ3) is 6.42. The van der Waals surface area contributed by atoms with Crippen LogP contribution in [0.15, 0.2) is 71.1 Å². The van der Waals surface area contributed by atoms with Crippen LogP contribution < -0.4 is 10.1 Å². The number of carbonyl (C=O) groups excluding carboxylic acids is 1. The van der Waals surface area contributed by atoms with E-state index in [1.54, 1.807) is 6.92 Å². The molecule has 0 saturated heterocycles. The van der Waals surface area contributed by atoms with Crippen molar-refractivity contribution in [3.8, 4) is 17.1 Å². The standard InChI is InChI=1S/C31H33NO6/c1-4-16-37-24-11-14-26-20(3)27(13-10-23(26)18-24)30(33)32-19-25-12-15-28(38-25)22-8-6-21(7-9-22)17-29(31(34)35)36-5-2/h6-15,18,29H,4-5,16-17,19H2,1-3H3,(H,32,33)(H,34,35)/t29-/m0/s1. The van der Waals surface area contributed by atoms with Gasteiger partial charge in [0.15, 0.2) is 6.10 Å². The lowest BCUT2D eigenvalue weighted by Crippen LogP contribution is -2.26. The molecule has 0 aliphatic carbocycles. The lowest BCUT2D eigenvalue weighted by Gasteiger charge is -2.12. The Labute approximate surface area is 222 Å². The average Bonchev–Trinajstić information content (AvgIpc) is 3.40. The maximum absolute atomic E-state index is 13.0. The van der Waals surface area contributed by atoms with Crippen LogP contribution in [0.3, 0.4) is 0 Å². The maximum Gasteiger partial charge on any atom is 0.333 e. The van der Waals surface area contributed by atoms with Gasteiger partial charge in [-0.3, -0.25) is 4.79 Å². The molecule has 1 amide bonds. The van der Waals surface area contributed by atoms with Gasteiger partial charge in [0.1, 0.15) is 17.3 Å². The molecule has 4 rings (SSSR count). The number of hydrogen-bond acceptors (Lipinski definition) is 5. The molecule has 2 N–H and O–H groups in total. The minimum atomic E-state index is -0.973. The quantitative estimate of drug-likeness (QED) is 0.235. The fourth-order valence-corrected chi connectivity index (χ4v) is 4.35. The van der Waals surface area contributed by atoms with E-state index in [0.717, 1.165) is 39.6 Å². The largest absolute Gasteiger partial charge is 0.494 e. The van der Waals surface area contributed by atoms with Gasteiger partial charge in [-0.2, -0.15) is 0 Å². The van der Waals surface area contributed by atoms with Crippen molar-refractivity contribution >= 4 is 22.6 Å². The first-order valence-corrected chi connectivity index (χ1v) is 12.9. The zero-order valence-electron chi connectivity index (χ0n) is 22.0. The number of carboxylic acid groups (broad SMARTS) is 1. The Hall–Kier alpha value is -4.10. The molecule has 0 radical (unpaired) electrons. The van der Waals surface area contributed by atoms with E-state index in [4.69, 9.17) is 13.9 Å². The molecule has 1 atom stereocenters. The summed E-state index contributed by atoms with van der Waals surface area (Å²) in [6, 6.07) is 20.9.